The van der Waals surface area contributed by atoms with E-state index in [0.717, 1.165) is 15.8 Å². The van der Waals surface area contributed by atoms with E-state index in [2.05, 4.69) is 36.6 Å². The fourth-order valence-electron chi connectivity index (χ4n) is 1.49. The van der Waals surface area contributed by atoms with Crippen molar-refractivity contribution in [2.24, 2.45) is 0 Å². The molecule has 0 aliphatic rings. The molecule has 7 heteroatoms. The van der Waals surface area contributed by atoms with Crippen LogP contribution in [0, 0.1) is 6.92 Å². The number of rotatable bonds is 2. The molecule has 0 aliphatic heterocycles. The monoisotopic (exact) mass is 305 g/mol. The molecular weight excluding hydrogens is 298 g/mol. The summed E-state index contributed by atoms with van der Waals surface area (Å²) in [6, 6.07) is 9.19. The van der Waals surface area contributed by atoms with Crippen LogP contribution >= 0.6 is 15.9 Å². The Balaban J connectivity index is 1.92. The van der Waals surface area contributed by atoms with Crippen molar-refractivity contribution in [3.63, 3.8) is 0 Å². The molecule has 18 heavy (non-hydrogen) atoms. The van der Waals surface area contributed by atoms with Crippen LogP contribution in [0.4, 0.5) is 0 Å². The number of aryl methyl sites for hydroxylation is 1. The second-order valence-corrected chi connectivity index (χ2v) is 4.57. The molecule has 3 aromatic rings. The van der Waals surface area contributed by atoms with Gasteiger partial charge in [-0.2, -0.15) is 0 Å². The lowest BCUT2D eigenvalue weighted by atomic mass is 10.2. The Morgan fingerprint density at radius 1 is 1.22 bits per heavy atom. The van der Waals surface area contributed by atoms with Crippen LogP contribution < -0.4 is 4.74 Å². The van der Waals surface area contributed by atoms with Gasteiger partial charge in [-0.1, -0.05) is 15.9 Å². The summed E-state index contributed by atoms with van der Waals surface area (Å²) in [5, 5.41) is 15.1. The number of ether oxygens (including phenoxy) is 1. The van der Waals surface area contributed by atoms with Crippen molar-refractivity contribution in [1.29, 1.82) is 0 Å². The fraction of sp³-hybridized carbons (Fsp3) is 0.0909. The summed E-state index contributed by atoms with van der Waals surface area (Å²) in [5.74, 6) is 1.16. The molecule has 0 aliphatic carbocycles. The predicted molar refractivity (Wildman–Crippen MR) is 67.5 cm³/mol. The predicted octanol–water partition coefficient (Wildman–Crippen LogP) is 2.38. The van der Waals surface area contributed by atoms with Crippen LogP contribution in [0.5, 0.6) is 11.6 Å². The Morgan fingerprint density at radius 2 is 2.11 bits per heavy atom. The highest BCUT2D eigenvalue weighted by Crippen LogP contribution is 2.24. The van der Waals surface area contributed by atoms with Crippen LogP contribution in [0.1, 0.15) is 5.56 Å². The number of aromatic nitrogens is 5. The zero-order chi connectivity index (χ0) is 12.5. The van der Waals surface area contributed by atoms with Gasteiger partial charge in [0.2, 0.25) is 5.88 Å². The summed E-state index contributed by atoms with van der Waals surface area (Å²) in [6.07, 6.45) is 0. The van der Waals surface area contributed by atoms with Gasteiger partial charge in [0.1, 0.15) is 5.75 Å². The molecule has 0 atom stereocenters. The molecule has 0 unspecified atom stereocenters. The van der Waals surface area contributed by atoms with Crippen molar-refractivity contribution in [2.75, 3.05) is 0 Å². The number of tetrazole rings is 1. The summed E-state index contributed by atoms with van der Waals surface area (Å²) in [6.45, 7) is 1.99. The fourth-order valence-corrected chi connectivity index (χ4v) is 1.74. The van der Waals surface area contributed by atoms with Crippen LogP contribution in [0.15, 0.2) is 34.8 Å². The summed E-state index contributed by atoms with van der Waals surface area (Å²) in [7, 11) is 0. The minimum Gasteiger partial charge on any atom is -0.438 e. The van der Waals surface area contributed by atoms with E-state index in [4.69, 9.17) is 4.74 Å². The van der Waals surface area contributed by atoms with Crippen molar-refractivity contribution in [2.45, 2.75) is 6.92 Å². The number of hydrogen-bond donors (Lipinski definition) is 0. The minimum atomic E-state index is 0.441. The van der Waals surface area contributed by atoms with Crippen molar-refractivity contribution in [3.8, 4) is 11.6 Å². The van der Waals surface area contributed by atoms with E-state index in [-0.39, 0.29) is 0 Å². The smallest absolute Gasteiger partial charge is 0.239 e. The summed E-state index contributed by atoms with van der Waals surface area (Å²) >= 11 is 3.44. The van der Waals surface area contributed by atoms with Gasteiger partial charge in [-0.3, -0.25) is 0 Å². The van der Waals surface area contributed by atoms with E-state index >= 15 is 0 Å². The molecule has 0 N–H and O–H groups in total. The van der Waals surface area contributed by atoms with Crippen LogP contribution in [-0.4, -0.2) is 25.3 Å². The first kappa shape index (κ1) is 11.1. The average Bonchev–Trinajstić information content (AvgIpc) is 2.81. The standard InChI is InChI=1S/C11H8BrN5O/c1-7-6-8(2-3-9(7)12)18-11-5-4-10-13-15-16-17(10)14-11/h2-6H,1H3. The SMILES string of the molecule is Cc1cc(Oc2ccc3nnnn3n2)ccc1Br. The largest absolute Gasteiger partial charge is 0.438 e. The van der Waals surface area contributed by atoms with Gasteiger partial charge in [0.25, 0.3) is 0 Å². The third-order valence-electron chi connectivity index (χ3n) is 2.40. The maximum atomic E-state index is 5.64. The Labute approximate surface area is 111 Å². The van der Waals surface area contributed by atoms with Gasteiger partial charge in [-0.05, 0) is 47.2 Å². The topological polar surface area (TPSA) is 65.2 Å². The maximum Gasteiger partial charge on any atom is 0.239 e. The summed E-state index contributed by atoms with van der Waals surface area (Å²) in [4.78, 5) is 0. The van der Waals surface area contributed by atoms with Crippen LogP contribution in [-0.2, 0) is 0 Å². The van der Waals surface area contributed by atoms with Crippen LogP contribution in [0.25, 0.3) is 5.65 Å². The van der Waals surface area contributed by atoms with Gasteiger partial charge in [-0.25, -0.2) is 0 Å². The first-order chi connectivity index (χ1) is 8.72. The normalized spacial score (nSPS) is 10.8. The molecule has 0 fully saturated rings. The van der Waals surface area contributed by atoms with E-state index in [1.165, 1.54) is 4.63 Å². The first-order valence-corrected chi connectivity index (χ1v) is 6.01. The Hall–Kier alpha value is -2.02. The Bertz CT molecular complexity index is 711. The van der Waals surface area contributed by atoms with Gasteiger partial charge in [0.05, 0.1) is 0 Å². The van der Waals surface area contributed by atoms with Crippen molar-refractivity contribution in [3.05, 3.63) is 40.4 Å². The van der Waals surface area contributed by atoms with E-state index in [0.29, 0.717) is 11.5 Å². The van der Waals surface area contributed by atoms with Gasteiger partial charge < -0.3 is 4.74 Å². The molecule has 2 heterocycles. The molecule has 3 rings (SSSR count). The average molecular weight is 306 g/mol. The number of hydrogen-bond acceptors (Lipinski definition) is 5. The molecule has 90 valence electrons. The third-order valence-corrected chi connectivity index (χ3v) is 3.29. The van der Waals surface area contributed by atoms with E-state index < -0.39 is 0 Å². The molecule has 1 aromatic carbocycles. The second kappa shape index (κ2) is 4.34. The molecule has 0 saturated carbocycles. The van der Waals surface area contributed by atoms with Crippen molar-refractivity contribution >= 4 is 21.6 Å². The van der Waals surface area contributed by atoms with Gasteiger partial charge >= 0.3 is 0 Å². The molecular formula is C11H8BrN5O. The highest BCUT2D eigenvalue weighted by Gasteiger charge is 2.04. The van der Waals surface area contributed by atoms with Crippen LogP contribution in [0.3, 0.4) is 0 Å². The first-order valence-electron chi connectivity index (χ1n) is 5.22. The van der Waals surface area contributed by atoms with E-state index in [9.17, 15) is 0 Å². The molecule has 0 bridgehead atoms. The van der Waals surface area contributed by atoms with Gasteiger partial charge in [-0.15, -0.1) is 14.8 Å². The minimum absolute atomic E-state index is 0.441. The van der Waals surface area contributed by atoms with Crippen LogP contribution in [0.2, 0.25) is 0 Å². The summed E-state index contributed by atoms with van der Waals surface area (Å²) < 4.78 is 8.00. The summed E-state index contributed by atoms with van der Waals surface area (Å²) in [5.41, 5.74) is 1.67. The Kier molecular flexibility index (Phi) is 2.67. The molecule has 0 amide bonds. The zero-order valence-electron chi connectivity index (χ0n) is 9.41. The second-order valence-electron chi connectivity index (χ2n) is 3.71. The quantitative estimate of drug-likeness (QED) is 0.727. The molecule has 0 saturated heterocycles. The van der Waals surface area contributed by atoms with E-state index in [1.54, 1.807) is 12.1 Å². The molecule has 2 aromatic heterocycles. The number of nitrogens with zero attached hydrogens (tertiary/aromatic N) is 5. The lowest BCUT2D eigenvalue weighted by Gasteiger charge is -2.05. The lowest BCUT2D eigenvalue weighted by molar-refractivity contribution is 0.446. The number of benzene rings is 1. The number of fused-ring (bicyclic) bond motifs is 1. The van der Waals surface area contributed by atoms with E-state index in [1.807, 2.05) is 25.1 Å². The lowest BCUT2D eigenvalue weighted by Crippen LogP contribution is -1.97. The van der Waals surface area contributed by atoms with Gasteiger partial charge in [0.15, 0.2) is 5.65 Å². The Morgan fingerprint density at radius 3 is 2.94 bits per heavy atom. The maximum absolute atomic E-state index is 5.64. The third kappa shape index (κ3) is 2.04. The molecule has 0 radical (unpaired) electrons. The highest BCUT2D eigenvalue weighted by atomic mass is 79.9. The molecule has 0 spiro atoms. The zero-order valence-corrected chi connectivity index (χ0v) is 11.0. The highest BCUT2D eigenvalue weighted by molar-refractivity contribution is 9.10. The van der Waals surface area contributed by atoms with Crippen molar-refractivity contribution < 1.29 is 4.74 Å². The van der Waals surface area contributed by atoms with Crippen molar-refractivity contribution in [1.82, 2.24) is 25.3 Å². The molecule has 6 nitrogen and oxygen atoms in total. The van der Waals surface area contributed by atoms with Gasteiger partial charge in [0, 0.05) is 10.5 Å². The number of halogens is 1.